The Morgan fingerprint density at radius 1 is 1.09 bits per heavy atom. The van der Waals surface area contributed by atoms with E-state index >= 15 is 0 Å². The van der Waals surface area contributed by atoms with Gasteiger partial charge in [0.25, 0.3) is 0 Å². The van der Waals surface area contributed by atoms with Gasteiger partial charge in [0, 0.05) is 12.8 Å². The second-order valence-corrected chi connectivity index (χ2v) is 5.90. The first kappa shape index (κ1) is 16.0. The summed E-state index contributed by atoms with van der Waals surface area (Å²) in [7, 11) is 0. The Balaban J connectivity index is 2.20. The number of nitrogens with one attached hydrogen (secondary N) is 1. The molecule has 2 rings (SSSR count). The molecule has 4 heteroatoms. The van der Waals surface area contributed by atoms with Gasteiger partial charge in [-0.25, -0.2) is 4.79 Å². The van der Waals surface area contributed by atoms with Gasteiger partial charge < -0.3 is 10.4 Å². The lowest BCUT2D eigenvalue weighted by Crippen LogP contribution is -2.42. The van der Waals surface area contributed by atoms with Crippen molar-refractivity contribution in [3.8, 4) is 0 Å². The fourth-order valence-corrected chi connectivity index (χ4v) is 2.51. The first-order valence-electron chi connectivity index (χ1n) is 7.46. The summed E-state index contributed by atoms with van der Waals surface area (Å²) in [6.07, 6.45) is 0.611. The Labute approximate surface area is 130 Å². The lowest BCUT2D eigenvalue weighted by atomic mass is 9.98. The first-order valence-corrected chi connectivity index (χ1v) is 7.46. The van der Waals surface area contributed by atoms with Crippen LogP contribution >= 0.6 is 0 Å². The number of aliphatic carboxylic acids is 1. The summed E-state index contributed by atoms with van der Waals surface area (Å²) < 4.78 is 0. The molecule has 1 amide bonds. The molecule has 0 bridgehead atoms. The standard InChI is InChI=1S/C18H21NO3/c1-12(2)10-17(20)19-16(18(21)22)11-14-8-5-7-13-6-3-4-9-15(13)14/h3-9,12,16H,10-11H2,1-2H3,(H,19,20)(H,21,22)/t16-/m0/s1. The van der Waals surface area contributed by atoms with Gasteiger partial charge in [0.2, 0.25) is 5.91 Å². The van der Waals surface area contributed by atoms with E-state index in [1.54, 1.807) is 0 Å². The van der Waals surface area contributed by atoms with Crippen LogP contribution in [-0.4, -0.2) is 23.0 Å². The fraction of sp³-hybridized carbons (Fsp3) is 0.333. The van der Waals surface area contributed by atoms with E-state index in [9.17, 15) is 14.7 Å². The average Bonchev–Trinajstić information content (AvgIpc) is 2.46. The minimum absolute atomic E-state index is 0.201. The highest BCUT2D eigenvalue weighted by atomic mass is 16.4. The first-order chi connectivity index (χ1) is 10.5. The summed E-state index contributed by atoms with van der Waals surface area (Å²) >= 11 is 0. The predicted octanol–water partition coefficient (Wildman–Crippen LogP) is 3.00. The molecular weight excluding hydrogens is 278 g/mol. The van der Waals surface area contributed by atoms with Crippen LogP contribution in [0.15, 0.2) is 42.5 Å². The van der Waals surface area contributed by atoms with Crippen LogP contribution in [0, 0.1) is 5.92 Å². The van der Waals surface area contributed by atoms with E-state index < -0.39 is 12.0 Å². The number of amides is 1. The predicted molar refractivity (Wildman–Crippen MR) is 86.7 cm³/mol. The summed E-state index contributed by atoms with van der Waals surface area (Å²) in [5.74, 6) is -1.03. The van der Waals surface area contributed by atoms with Crippen LogP contribution in [0.25, 0.3) is 10.8 Å². The van der Waals surface area contributed by atoms with Crippen molar-refractivity contribution in [1.29, 1.82) is 0 Å². The normalized spacial score (nSPS) is 12.3. The molecule has 1 atom stereocenters. The minimum atomic E-state index is -1.01. The van der Waals surface area contributed by atoms with E-state index in [2.05, 4.69) is 5.32 Å². The molecule has 22 heavy (non-hydrogen) atoms. The van der Waals surface area contributed by atoms with Gasteiger partial charge in [0.15, 0.2) is 0 Å². The SMILES string of the molecule is CC(C)CC(=O)N[C@@H](Cc1cccc2ccccc12)C(=O)O. The summed E-state index contributed by atoms with van der Waals surface area (Å²) in [6.45, 7) is 3.86. The van der Waals surface area contributed by atoms with Crippen molar-refractivity contribution in [2.75, 3.05) is 0 Å². The molecule has 0 unspecified atom stereocenters. The smallest absolute Gasteiger partial charge is 0.326 e. The van der Waals surface area contributed by atoms with Crippen LogP contribution in [0.5, 0.6) is 0 Å². The highest BCUT2D eigenvalue weighted by molar-refractivity contribution is 5.88. The van der Waals surface area contributed by atoms with Gasteiger partial charge in [0.1, 0.15) is 6.04 Å². The van der Waals surface area contributed by atoms with Crippen LogP contribution in [0.4, 0.5) is 0 Å². The van der Waals surface area contributed by atoms with Gasteiger partial charge in [-0.15, -0.1) is 0 Å². The topological polar surface area (TPSA) is 66.4 Å². The Morgan fingerprint density at radius 3 is 2.45 bits per heavy atom. The van der Waals surface area contributed by atoms with Crippen molar-refractivity contribution in [1.82, 2.24) is 5.32 Å². The number of hydrogen-bond donors (Lipinski definition) is 2. The molecule has 0 fully saturated rings. The van der Waals surface area contributed by atoms with Crippen LogP contribution in [0.2, 0.25) is 0 Å². The third-order valence-electron chi connectivity index (χ3n) is 3.53. The van der Waals surface area contributed by atoms with E-state index in [1.165, 1.54) is 0 Å². The Bertz CT molecular complexity index is 674. The zero-order chi connectivity index (χ0) is 16.1. The van der Waals surface area contributed by atoms with Crippen LogP contribution in [0.3, 0.4) is 0 Å². The van der Waals surface area contributed by atoms with Crippen LogP contribution < -0.4 is 5.32 Å². The molecule has 0 radical (unpaired) electrons. The number of hydrogen-bond acceptors (Lipinski definition) is 2. The van der Waals surface area contributed by atoms with E-state index in [-0.39, 0.29) is 18.2 Å². The molecule has 0 aliphatic rings. The molecule has 0 aromatic heterocycles. The van der Waals surface area contributed by atoms with Crippen molar-refractivity contribution in [3.05, 3.63) is 48.0 Å². The maximum Gasteiger partial charge on any atom is 0.326 e. The monoisotopic (exact) mass is 299 g/mol. The molecule has 0 heterocycles. The van der Waals surface area contributed by atoms with Crippen molar-refractivity contribution in [2.45, 2.75) is 32.7 Å². The van der Waals surface area contributed by atoms with Crippen molar-refractivity contribution < 1.29 is 14.7 Å². The number of fused-ring (bicyclic) bond motifs is 1. The van der Waals surface area contributed by atoms with E-state index in [0.29, 0.717) is 6.42 Å². The maximum atomic E-state index is 11.8. The molecule has 0 saturated heterocycles. The molecule has 2 N–H and O–H groups in total. The van der Waals surface area contributed by atoms with Gasteiger partial charge >= 0.3 is 5.97 Å². The Kier molecular flexibility index (Phi) is 5.15. The summed E-state index contributed by atoms with van der Waals surface area (Å²) in [5, 5.41) is 14.1. The number of carbonyl (C=O) groups is 2. The fourth-order valence-electron chi connectivity index (χ4n) is 2.51. The third-order valence-corrected chi connectivity index (χ3v) is 3.53. The van der Waals surface area contributed by atoms with Gasteiger partial charge in [-0.05, 0) is 22.3 Å². The molecule has 4 nitrogen and oxygen atoms in total. The Morgan fingerprint density at radius 2 is 1.77 bits per heavy atom. The van der Waals surface area contributed by atoms with Crippen molar-refractivity contribution >= 4 is 22.6 Å². The molecule has 116 valence electrons. The highest BCUT2D eigenvalue weighted by Crippen LogP contribution is 2.20. The summed E-state index contributed by atoms with van der Waals surface area (Å²) in [6, 6.07) is 12.7. The molecule has 0 spiro atoms. The molecule has 0 saturated carbocycles. The second kappa shape index (κ2) is 7.07. The molecular formula is C18H21NO3. The largest absolute Gasteiger partial charge is 0.480 e. The Hall–Kier alpha value is -2.36. The summed E-state index contributed by atoms with van der Waals surface area (Å²) in [5.41, 5.74) is 0.926. The lowest BCUT2D eigenvalue weighted by Gasteiger charge is -2.16. The third kappa shape index (κ3) is 4.07. The number of carboxylic acids is 1. The molecule has 0 aliphatic carbocycles. The van der Waals surface area contributed by atoms with Gasteiger partial charge in [-0.1, -0.05) is 56.3 Å². The lowest BCUT2D eigenvalue weighted by molar-refractivity contribution is -0.141. The van der Waals surface area contributed by atoms with Crippen LogP contribution in [-0.2, 0) is 16.0 Å². The maximum absolute atomic E-state index is 11.8. The van der Waals surface area contributed by atoms with E-state index in [0.717, 1.165) is 16.3 Å². The second-order valence-electron chi connectivity index (χ2n) is 5.90. The number of carbonyl (C=O) groups excluding carboxylic acids is 1. The molecule has 2 aromatic carbocycles. The molecule has 2 aromatic rings. The number of rotatable bonds is 6. The van der Waals surface area contributed by atoms with E-state index in [4.69, 9.17) is 0 Å². The van der Waals surface area contributed by atoms with Gasteiger partial charge in [-0.3, -0.25) is 4.79 Å². The number of benzene rings is 2. The quantitative estimate of drug-likeness (QED) is 0.861. The van der Waals surface area contributed by atoms with Crippen molar-refractivity contribution in [3.63, 3.8) is 0 Å². The van der Waals surface area contributed by atoms with Gasteiger partial charge in [-0.2, -0.15) is 0 Å². The molecule has 0 aliphatic heterocycles. The number of carboxylic acid groups (broad SMARTS) is 1. The average molecular weight is 299 g/mol. The van der Waals surface area contributed by atoms with Gasteiger partial charge in [0.05, 0.1) is 0 Å². The zero-order valence-electron chi connectivity index (χ0n) is 12.9. The summed E-state index contributed by atoms with van der Waals surface area (Å²) in [4.78, 5) is 23.3. The minimum Gasteiger partial charge on any atom is -0.480 e. The highest BCUT2D eigenvalue weighted by Gasteiger charge is 2.21. The zero-order valence-corrected chi connectivity index (χ0v) is 12.9. The van der Waals surface area contributed by atoms with Crippen LogP contribution in [0.1, 0.15) is 25.8 Å². The van der Waals surface area contributed by atoms with Crippen molar-refractivity contribution in [2.24, 2.45) is 5.92 Å². The van der Waals surface area contributed by atoms with E-state index in [1.807, 2.05) is 56.3 Å².